The zero-order valence-electron chi connectivity index (χ0n) is 6.37. The number of anilines is 1. The van der Waals surface area contributed by atoms with Gasteiger partial charge in [-0.25, -0.2) is 4.98 Å². The average Bonchev–Trinajstić information content (AvgIpc) is 2.36. The fourth-order valence-electron chi connectivity index (χ4n) is 0.611. The Morgan fingerprint density at radius 1 is 1.73 bits per heavy atom. The number of aromatic nitrogens is 1. The lowest BCUT2D eigenvalue weighted by Crippen LogP contribution is -2.21. The smallest absolute Gasteiger partial charge is 0.180 e. The predicted molar refractivity (Wildman–Crippen MR) is 42.8 cm³/mol. The van der Waals surface area contributed by atoms with Gasteiger partial charge in [0.05, 0.1) is 5.69 Å². The van der Waals surface area contributed by atoms with Crippen LogP contribution in [0.1, 0.15) is 19.5 Å². The molecule has 1 aromatic heterocycles. The largest absolute Gasteiger partial charge is 0.375 e. The number of nitrogens with zero attached hydrogens (tertiary/aromatic N) is 2. The van der Waals surface area contributed by atoms with Crippen LogP contribution in [0, 0.1) is 0 Å². The van der Waals surface area contributed by atoms with Crippen molar-refractivity contribution in [2.24, 2.45) is 0 Å². The van der Waals surface area contributed by atoms with Crippen LogP contribution in [0.2, 0.25) is 0 Å². The molecule has 2 radical (unpaired) electrons. The van der Waals surface area contributed by atoms with Gasteiger partial charge in [-0.05, 0) is 13.8 Å². The van der Waals surface area contributed by atoms with Crippen molar-refractivity contribution in [2.45, 2.75) is 19.4 Å². The summed E-state index contributed by atoms with van der Waals surface area (Å²) in [6.45, 7) is 3.42. The van der Waals surface area contributed by atoms with Crippen molar-refractivity contribution < 1.29 is 4.84 Å². The fraction of sp³-hybridized carbons (Fsp3) is 0.500. The highest BCUT2D eigenvalue weighted by atomic mass is 32.1. The van der Waals surface area contributed by atoms with Gasteiger partial charge in [0.1, 0.15) is 5.60 Å². The Labute approximate surface area is 69.1 Å². The molecule has 0 aliphatic carbocycles. The molecule has 5 heteroatoms. The van der Waals surface area contributed by atoms with Crippen molar-refractivity contribution in [3.05, 3.63) is 11.1 Å². The van der Waals surface area contributed by atoms with E-state index in [0.717, 1.165) is 0 Å². The first-order valence-corrected chi connectivity index (χ1v) is 3.98. The highest BCUT2D eigenvalue weighted by Crippen LogP contribution is 2.25. The number of nitrogen functional groups attached to an aromatic ring is 1. The number of hydrogen-bond acceptors (Lipinski definition) is 4. The third kappa shape index (κ3) is 1.68. The molecule has 2 N–H and O–H groups in total. The van der Waals surface area contributed by atoms with E-state index >= 15 is 0 Å². The van der Waals surface area contributed by atoms with E-state index in [1.54, 1.807) is 19.2 Å². The minimum absolute atomic E-state index is 0.477. The highest BCUT2D eigenvalue weighted by Gasteiger charge is 2.24. The molecule has 0 fully saturated rings. The Bertz CT molecular complexity index is 246. The Morgan fingerprint density at radius 2 is 2.36 bits per heavy atom. The molecule has 11 heavy (non-hydrogen) atoms. The van der Waals surface area contributed by atoms with Crippen molar-refractivity contribution in [1.29, 1.82) is 0 Å². The van der Waals surface area contributed by atoms with Crippen LogP contribution in [0.4, 0.5) is 5.13 Å². The van der Waals surface area contributed by atoms with Gasteiger partial charge in [0, 0.05) is 11.3 Å². The van der Waals surface area contributed by atoms with E-state index in [4.69, 9.17) is 11.6 Å². The minimum Gasteiger partial charge on any atom is -0.375 e. The first-order chi connectivity index (χ1) is 5.06. The van der Waals surface area contributed by atoms with Gasteiger partial charge in [-0.3, -0.25) is 4.84 Å². The Balaban J connectivity index is 2.92. The summed E-state index contributed by atoms with van der Waals surface area (Å²) in [6, 6.07) is 0. The number of nitrogens with two attached hydrogens (primary N) is 1. The van der Waals surface area contributed by atoms with Crippen molar-refractivity contribution in [3.63, 3.8) is 0 Å². The number of hydrogen-bond donors (Lipinski definition) is 1. The summed E-state index contributed by atoms with van der Waals surface area (Å²) >= 11 is 1.32. The van der Waals surface area contributed by atoms with Gasteiger partial charge in [0.25, 0.3) is 0 Å². The molecule has 4 nitrogen and oxygen atoms in total. The molecule has 0 aliphatic heterocycles. The number of thiazole rings is 1. The van der Waals surface area contributed by atoms with Gasteiger partial charge >= 0.3 is 0 Å². The highest BCUT2D eigenvalue weighted by molar-refractivity contribution is 7.13. The molecule has 0 saturated carbocycles. The second-order valence-electron chi connectivity index (χ2n) is 2.67. The van der Waals surface area contributed by atoms with Gasteiger partial charge in [-0.1, -0.05) is 0 Å². The summed E-state index contributed by atoms with van der Waals surface area (Å²) < 4.78 is 0. The van der Waals surface area contributed by atoms with Crippen LogP contribution < -0.4 is 11.6 Å². The summed E-state index contributed by atoms with van der Waals surface area (Å²) in [5, 5.41) is 2.23. The van der Waals surface area contributed by atoms with Crippen LogP contribution in [0.15, 0.2) is 5.38 Å². The van der Waals surface area contributed by atoms with Crippen LogP contribution in [0.25, 0.3) is 0 Å². The molecule has 0 unspecified atom stereocenters. The van der Waals surface area contributed by atoms with Crippen LogP contribution in [0.5, 0.6) is 0 Å². The molecule has 1 rings (SSSR count). The monoisotopic (exact) mass is 171 g/mol. The maximum atomic E-state index is 8.48. The molecule has 0 amide bonds. The van der Waals surface area contributed by atoms with Crippen LogP contribution >= 0.6 is 11.3 Å². The fourth-order valence-corrected chi connectivity index (χ4v) is 1.33. The molecule has 1 heterocycles. The lowest BCUT2D eigenvalue weighted by molar-refractivity contribution is -0.0402. The molecule has 0 spiro atoms. The SMILES string of the molecule is CC(C)(O[N])c1csc(N)n1. The van der Waals surface area contributed by atoms with E-state index in [2.05, 4.69) is 9.82 Å². The summed E-state index contributed by atoms with van der Waals surface area (Å²) in [4.78, 5) is 8.19. The average molecular weight is 171 g/mol. The molecule has 60 valence electrons. The van der Waals surface area contributed by atoms with Gasteiger partial charge in [0.15, 0.2) is 5.13 Å². The van der Waals surface area contributed by atoms with E-state index in [9.17, 15) is 0 Å². The van der Waals surface area contributed by atoms with E-state index in [1.165, 1.54) is 11.3 Å². The Kier molecular flexibility index (Phi) is 2.12. The number of rotatable bonds is 2. The zero-order valence-corrected chi connectivity index (χ0v) is 7.18. The van der Waals surface area contributed by atoms with E-state index in [0.29, 0.717) is 10.8 Å². The first kappa shape index (κ1) is 8.45. The van der Waals surface area contributed by atoms with Crippen molar-refractivity contribution >= 4 is 16.5 Å². The van der Waals surface area contributed by atoms with E-state index in [1.807, 2.05) is 0 Å². The molecular formula is C6H9N3OS. The third-order valence-electron chi connectivity index (χ3n) is 1.37. The second-order valence-corrected chi connectivity index (χ2v) is 3.56. The summed E-state index contributed by atoms with van der Waals surface area (Å²) in [7, 11) is 0. The summed E-state index contributed by atoms with van der Waals surface area (Å²) in [5.41, 5.74) is 5.27. The Hall–Kier alpha value is -0.650. The third-order valence-corrected chi connectivity index (χ3v) is 2.04. The van der Waals surface area contributed by atoms with Crippen LogP contribution in [0.3, 0.4) is 0 Å². The van der Waals surface area contributed by atoms with Crippen LogP contribution in [-0.4, -0.2) is 4.98 Å². The normalized spacial score (nSPS) is 11.9. The molecule has 1 aromatic rings. The maximum Gasteiger partial charge on any atom is 0.180 e. The van der Waals surface area contributed by atoms with E-state index in [-0.39, 0.29) is 0 Å². The zero-order chi connectivity index (χ0) is 8.48. The molecule has 0 bridgehead atoms. The van der Waals surface area contributed by atoms with E-state index < -0.39 is 5.60 Å². The van der Waals surface area contributed by atoms with Crippen molar-refractivity contribution in [3.8, 4) is 0 Å². The minimum atomic E-state index is -0.770. The van der Waals surface area contributed by atoms with Gasteiger partial charge in [-0.2, -0.15) is 0 Å². The second kappa shape index (κ2) is 2.77. The topological polar surface area (TPSA) is 70.4 Å². The van der Waals surface area contributed by atoms with Crippen molar-refractivity contribution in [2.75, 3.05) is 5.73 Å². The maximum absolute atomic E-state index is 8.48. The lowest BCUT2D eigenvalue weighted by Gasteiger charge is -2.16. The first-order valence-electron chi connectivity index (χ1n) is 3.10. The van der Waals surface area contributed by atoms with Gasteiger partial charge < -0.3 is 5.73 Å². The Morgan fingerprint density at radius 3 is 2.73 bits per heavy atom. The quantitative estimate of drug-likeness (QED) is 0.674. The molecule has 0 aromatic carbocycles. The van der Waals surface area contributed by atoms with Gasteiger partial charge in [0.2, 0.25) is 0 Å². The van der Waals surface area contributed by atoms with Gasteiger partial charge in [-0.15, -0.1) is 11.3 Å². The standard InChI is InChI=1S/C6H9N3OS/c1-6(2,10-8)4-3-11-5(7)9-4/h3H,1-2H3,(H2,7,9). The molecule has 0 atom stereocenters. The lowest BCUT2D eigenvalue weighted by atomic mass is 10.1. The molecule has 0 saturated heterocycles. The summed E-state index contributed by atoms with van der Waals surface area (Å²) in [5.74, 6) is 8.48. The molecular weight excluding hydrogens is 162 g/mol. The summed E-state index contributed by atoms with van der Waals surface area (Å²) in [6.07, 6.45) is 0. The van der Waals surface area contributed by atoms with Crippen molar-refractivity contribution in [1.82, 2.24) is 10.9 Å². The predicted octanol–water partition coefficient (Wildman–Crippen LogP) is 0.961. The molecule has 0 aliphatic rings. The van der Waals surface area contributed by atoms with Crippen LogP contribution in [-0.2, 0) is 10.4 Å².